The zero-order valence-electron chi connectivity index (χ0n) is 28.5. The minimum absolute atomic E-state index is 0. The molecule has 0 spiro atoms. The summed E-state index contributed by atoms with van der Waals surface area (Å²) in [4.78, 5) is 20.9. The first kappa shape index (κ1) is 35.5. The van der Waals surface area contributed by atoms with E-state index in [0.29, 0.717) is 0 Å². The quantitative estimate of drug-likeness (QED) is 0.0962. The number of furan rings is 1. The van der Waals surface area contributed by atoms with Crippen LogP contribution in [0, 0.1) is 17.9 Å². The molecule has 245 valence electrons. The van der Waals surface area contributed by atoms with E-state index in [1.807, 2.05) is 39.8 Å². The Bertz CT molecular complexity index is 1880. The minimum Gasteiger partial charge on any atom is -0.512 e. The molecule has 1 radical (unpaired) electrons. The molecule has 1 N–H and O–H groups in total. The van der Waals surface area contributed by atoms with E-state index in [4.69, 9.17) is 4.42 Å². The van der Waals surface area contributed by atoms with Gasteiger partial charge in [0.1, 0.15) is 23.0 Å². The summed E-state index contributed by atoms with van der Waals surface area (Å²) >= 11 is 0. The largest absolute Gasteiger partial charge is 0.512 e. The fourth-order valence-corrected chi connectivity index (χ4v) is 7.39. The molecular formula is C40H47IrN2O3-. The molecular weight excluding hydrogens is 749 g/mol. The van der Waals surface area contributed by atoms with Gasteiger partial charge < -0.3 is 9.52 Å². The van der Waals surface area contributed by atoms with Crippen LogP contribution in [0.4, 0.5) is 0 Å². The number of carbonyl (C=O) groups is 1. The van der Waals surface area contributed by atoms with E-state index in [1.165, 1.54) is 17.2 Å². The molecule has 6 rings (SSSR count). The molecule has 0 amide bonds. The van der Waals surface area contributed by atoms with Gasteiger partial charge in [-0.05, 0) is 54.6 Å². The first-order valence-electron chi connectivity index (χ1n) is 16.5. The van der Waals surface area contributed by atoms with E-state index in [2.05, 4.69) is 80.1 Å². The Kier molecular flexibility index (Phi) is 11.0. The second-order valence-corrected chi connectivity index (χ2v) is 13.8. The van der Waals surface area contributed by atoms with E-state index in [9.17, 15) is 9.90 Å². The number of carbonyl (C=O) groups excluding carboxylic acids is 1. The molecule has 6 heteroatoms. The summed E-state index contributed by atoms with van der Waals surface area (Å²) in [5.41, 5.74) is 7.18. The Morgan fingerprint density at radius 2 is 1.57 bits per heavy atom. The Morgan fingerprint density at radius 1 is 0.891 bits per heavy atom. The average molecular weight is 796 g/mol. The van der Waals surface area contributed by atoms with E-state index in [1.54, 1.807) is 6.33 Å². The van der Waals surface area contributed by atoms with Gasteiger partial charge in [-0.15, -0.1) is 29.7 Å². The predicted octanol–water partition coefficient (Wildman–Crippen LogP) is 10.8. The van der Waals surface area contributed by atoms with Gasteiger partial charge in [-0.1, -0.05) is 90.6 Å². The number of fused-ring (bicyclic) bond motifs is 6. The summed E-state index contributed by atoms with van der Waals surface area (Å²) in [6.07, 6.45) is 7.64. The van der Waals surface area contributed by atoms with Crippen LogP contribution >= 0.6 is 0 Å². The molecule has 0 bridgehead atoms. The normalized spacial score (nSPS) is 15.2. The Labute approximate surface area is 287 Å². The third-order valence-electron chi connectivity index (χ3n) is 9.71. The number of hydrogen-bond donors (Lipinski definition) is 1. The Balaban J connectivity index is 0.000000259. The molecule has 0 saturated carbocycles. The van der Waals surface area contributed by atoms with E-state index in [-0.39, 0.29) is 54.3 Å². The zero-order chi connectivity index (χ0) is 32.5. The molecule has 2 heterocycles. The molecule has 1 aliphatic carbocycles. The van der Waals surface area contributed by atoms with Gasteiger partial charge in [0.05, 0.1) is 11.5 Å². The fourth-order valence-electron chi connectivity index (χ4n) is 7.39. The second-order valence-electron chi connectivity index (χ2n) is 13.8. The summed E-state index contributed by atoms with van der Waals surface area (Å²) in [5, 5.41) is 13.1. The standard InChI is InChI=1S/C27H23N2O.C13H24O2.Ir/c1-26(2)14-27(3,4)21-20(26)12-11-19-23-25(30-24(19)21)22(28-15-29-23)18-10-9-16-7-5-6-8-17(16)13-18;1-5-10(6-2)12(14)9-13(15)11(7-3)8-4;/h5-12,15H,14H2,1-4H3;9-11,14H,5-8H2,1-4H3;/q-1;;/b;12-9-;. The molecule has 5 aromatic rings. The first-order chi connectivity index (χ1) is 21.4. The summed E-state index contributed by atoms with van der Waals surface area (Å²) in [5.74, 6) is 0.547. The summed E-state index contributed by atoms with van der Waals surface area (Å²) in [6, 6.07) is 20.4. The SMILES string of the molecule is CC1(C)CC(C)(C)c2c1ccc1c2oc2c(-c3[c-]c4ccccc4cc3)ncnc21.CCC(CC)C(=O)/C=C(\O)C(CC)CC.[Ir]. The minimum atomic E-state index is 0. The van der Waals surface area contributed by atoms with Crippen LogP contribution in [-0.4, -0.2) is 20.9 Å². The van der Waals surface area contributed by atoms with Gasteiger partial charge in [0, 0.05) is 49.0 Å². The third kappa shape index (κ3) is 6.71. The van der Waals surface area contributed by atoms with Crippen LogP contribution in [0.5, 0.6) is 0 Å². The number of rotatable bonds is 8. The number of aromatic nitrogens is 2. The van der Waals surface area contributed by atoms with Crippen molar-refractivity contribution < 1.29 is 34.4 Å². The van der Waals surface area contributed by atoms with Crippen LogP contribution in [0.3, 0.4) is 0 Å². The number of aliphatic hydroxyl groups is 1. The van der Waals surface area contributed by atoms with Crippen LogP contribution in [0.25, 0.3) is 44.1 Å². The van der Waals surface area contributed by atoms with Crippen molar-refractivity contribution in [2.45, 2.75) is 98.3 Å². The number of ketones is 1. The molecule has 0 fully saturated rings. The van der Waals surface area contributed by atoms with Crippen molar-refractivity contribution in [1.82, 2.24) is 9.97 Å². The van der Waals surface area contributed by atoms with Gasteiger partial charge in [0.2, 0.25) is 0 Å². The maximum atomic E-state index is 11.7. The number of hydrogen-bond acceptors (Lipinski definition) is 5. The summed E-state index contributed by atoms with van der Waals surface area (Å²) in [6.45, 7) is 17.4. The molecule has 3 aromatic carbocycles. The molecule has 5 nitrogen and oxygen atoms in total. The monoisotopic (exact) mass is 796 g/mol. The van der Waals surface area contributed by atoms with Crippen molar-refractivity contribution in [2.24, 2.45) is 11.8 Å². The van der Waals surface area contributed by atoms with E-state index < -0.39 is 0 Å². The van der Waals surface area contributed by atoms with Crippen molar-refractivity contribution in [3.8, 4) is 11.3 Å². The summed E-state index contributed by atoms with van der Waals surface area (Å²) in [7, 11) is 0. The predicted molar refractivity (Wildman–Crippen MR) is 186 cm³/mol. The number of benzene rings is 3. The van der Waals surface area contributed by atoms with Crippen LogP contribution < -0.4 is 0 Å². The van der Waals surface area contributed by atoms with E-state index >= 15 is 0 Å². The van der Waals surface area contributed by atoms with Gasteiger partial charge in [-0.2, -0.15) is 0 Å². The molecule has 0 aliphatic heterocycles. The summed E-state index contributed by atoms with van der Waals surface area (Å²) < 4.78 is 6.58. The van der Waals surface area contributed by atoms with E-state index in [0.717, 1.165) is 76.2 Å². The first-order valence-corrected chi connectivity index (χ1v) is 16.5. The zero-order valence-corrected chi connectivity index (χ0v) is 30.9. The van der Waals surface area contributed by atoms with Gasteiger partial charge in [0.15, 0.2) is 5.78 Å². The van der Waals surface area contributed by atoms with Crippen LogP contribution in [-0.2, 0) is 35.7 Å². The Hall–Kier alpha value is -3.34. The number of allylic oxidation sites excluding steroid dienone is 2. The Morgan fingerprint density at radius 3 is 2.24 bits per heavy atom. The van der Waals surface area contributed by atoms with Crippen molar-refractivity contribution in [3.63, 3.8) is 0 Å². The second kappa shape index (κ2) is 14.2. The number of aliphatic hydroxyl groups excluding tert-OH is 1. The van der Waals surface area contributed by atoms with Crippen LogP contribution in [0.15, 0.2) is 71.1 Å². The van der Waals surface area contributed by atoms with Crippen molar-refractivity contribution in [2.75, 3.05) is 0 Å². The molecule has 1 aliphatic rings. The molecule has 0 atom stereocenters. The maximum absolute atomic E-state index is 11.7. The van der Waals surface area contributed by atoms with Gasteiger partial charge in [-0.25, -0.2) is 4.98 Å². The van der Waals surface area contributed by atoms with Crippen molar-refractivity contribution in [1.29, 1.82) is 0 Å². The number of nitrogens with zero attached hydrogens (tertiary/aromatic N) is 2. The van der Waals surface area contributed by atoms with Gasteiger partial charge >= 0.3 is 0 Å². The molecule has 2 aromatic heterocycles. The van der Waals surface area contributed by atoms with Crippen molar-refractivity contribution in [3.05, 3.63) is 83.9 Å². The smallest absolute Gasteiger partial charge is 0.162 e. The van der Waals surface area contributed by atoms with Crippen LogP contribution in [0.1, 0.15) is 98.6 Å². The van der Waals surface area contributed by atoms with Crippen LogP contribution in [0.2, 0.25) is 0 Å². The molecule has 46 heavy (non-hydrogen) atoms. The maximum Gasteiger partial charge on any atom is 0.162 e. The molecule has 0 unspecified atom stereocenters. The van der Waals surface area contributed by atoms with Crippen molar-refractivity contribution >= 4 is 38.6 Å². The van der Waals surface area contributed by atoms with Gasteiger partial charge in [-0.3, -0.25) is 9.78 Å². The fraction of sp³-hybridized carbons (Fsp3) is 0.425. The third-order valence-corrected chi connectivity index (χ3v) is 9.71. The topological polar surface area (TPSA) is 76.2 Å². The average Bonchev–Trinajstić information content (AvgIpc) is 3.49. The van der Waals surface area contributed by atoms with Gasteiger partial charge in [0.25, 0.3) is 0 Å². The molecule has 0 saturated heterocycles.